The first-order valence-electron chi connectivity index (χ1n) is 18.2. The molecule has 0 aliphatic carbocycles. The second-order valence-corrected chi connectivity index (χ2v) is 16.6. The van der Waals surface area contributed by atoms with Crippen LogP contribution < -0.4 is 0 Å². The number of fused-ring (bicyclic) bond motifs is 2. The maximum absolute atomic E-state index is 12.2. The van der Waals surface area contributed by atoms with Gasteiger partial charge in [0.05, 0.1) is 10.6 Å². The number of aliphatic hydroxyl groups excluding tert-OH is 1. The molecule has 0 aliphatic heterocycles. The number of carbonyl (C=O) groups excluding carboxylic acids is 1. The standard InChI is InChI=1S/C29H28N3S.C15H28O2.Ir/c1-18(2)10-19-11-22-14-27(33-28(22)30-16-19)26-15-25(31-17-32-26)21-12-20-8-6-7-9-23(20)24(13-21)29(3,4)5;1-7-14(5,8-2)12(16)11-13(17)15(6,9-3)10-4;/h6-9,11,13-18H,10H2,1-5H3;11,16H,7-10H2,1-6H3;/q-1;;/b;12-11-;. The van der Waals surface area contributed by atoms with Gasteiger partial charge in [0.1, 0.15) is 16.9 Å². The van der Waals surface area contributed by atoms with Crippen molar-refractivity contribution in [2.45, 2.75) is 114 Å². The van der Waals surface area contributed by atoms with E-state index in [0.29, 0.717) is 5.92 Å². The van der Waals surface area contributed by atoms with Gasteiger partial charge in [0.15, 0.2) is 5.78 Å². The molecule has 0 aliphatic rings. The van der Waals surface area contributed by atoms with Gasteiger partial charge >= 0.3 is 0 Å². The summed E-state index contributed by atoms with van der Waals surface area (Å²) < 4.78 is 0. The van der Waals surface area contributed by atoms with Crippen molar-refractivity contribution in [1.82, 2.24) is 15.0 Å². The van der Waals surface area contributed by atoms with Crippen molar-refractivity contribution in [3.8, 4) is 21.8 Å². The Balaban J connectivity index is 0.000000335. The van der Waals surface area contributed by atoms with Crippen LogP contribution in [0.2, 0.25) is 0 Å². The summed E-state index contributed by atoms with van der Waals surface area (Å²) >= 11 is 1.68. The molecular weight excluding hydrogens is 827 g/mol. The number of pyridine rings is 1. The van der Waals surface area contributed by atoms with Crippen LogP contribution in [0, 0.1) is 22.8 Å². The average Bonchev–Trinajstić information content (AvgIpc) is 3.53. The quantitative estimate of drug-likeness (QED) is 0.0812. The van der Waals surface area contributed by atoms with Crippen LogP contribution in [0.3, 0.4) is 0 Å². The van der Waals surface area contributed by atoms with Crippen molar-refractivity contribution >= 4 is 38.1 Å². The molecular formula is C44H56IrN3O2S-. The van der Waals surface area contributed by atoms with Crippen molar-refractivity contribution in [3.63, 3.8) is 0 Å². The van der Waals surface area contributed by atoms with Gasteiger partial charge in [-0.15, -0.1) is 40.5 Å². The van der Waals surface area contributed by atoms with Crippen molar-refractivity contribution in [1.29, 1.82) is 0 Å². The van der Waals surface area contributed by atoms with Gasteiger partial charge in [0, 0.05) is 54.3 Å². The zero-order valence-electron chi connectivity index (χ0n) is 32.4. The predicted molar refractivity (Wildman–Crippen MR) is 213 cm³/mol. The fourth-order valence-corrected chi connectivity index (χ4v) is 6.95. The Bertz CT molecular complexity index is 1960. The molecule has 5 aromatic rings. The van der Waals surface area contributed by atoms with Crippen LogP contribution in [0.15, 0.2) is 72.9 Å². The van der Waals surface area contributed by atoms with E-state index in [4.69, 9.17) is 4.98 Å². The monoisotopic (exact) mass is 883 g/mol. The van der Waals surface area contributed by atoms with Gasteiger partial charge in [0.2, 0.25) is 0 Å². The third-order valence-electron chi connectivity index (χ3n) is 10.5. The SMILES string of the molecule is CC(C)Cc1cnc2sc(-c3cc(-c4[c-]c5ccccc5c(C(C)(C)C)c4)ncn3)cc2c1.CCC(C)(CC)C(=O)/C=C(\O)C(C)(CC)CC.[Ir]. The zero-order chi connectivity index (χ0) is 36.9. The molecule has 0 unspecified atom stereocenters. The molecule has 1 radical (unpaired) electrons. The molecule has 0 fully saturated rings. The largest absolute Gasteiger partial charge is 0.512 e. The summed E-state index contributed by atoms with van der Waals surface area (Å²) in [5.74, 6) is 0.900. The first-order valence-corrected chi connectivity index (χ1v) is 19.0. The molecule has 5 nitrogen and oxygen atoms in total. The van der Waals surface area contributed by atoms with Crippen LogP contribution in [-0.2, 0) is 36.7 Å². The number of aliphatic hydroxyl groups is 1. The number of benzene rings is 2. The molecule has 2 aromatic carbocycles. The fraction of sp³-hybridized carbons (Fsp3) is 0.455. The number of carbonyl (C=O) groups is 1. The molecule has 0 bridgehead atoms. The summed E-state index contributed by atoms with van der Waals surface area (Å²) in [4.78, 5) is 28.2. The smallest absolute Gasteiger partial charge is 0.164 e. The Morgan fingerprint density at radius 3 is 2.10 bits per heavy atom. The van der Waals surface area contributed by atoms with Crippen molar-refractivity contribution in [2.24, 2.45) is 16.7 Å². The van der Waals surface area contributed by atoms with Crippen molar-refractivity contribution in [2.75, 3.05) is 0 Å². The Hall–Kier alpha value is -3.25. The minimum atomic E-state index is -0.337. The average molecular weight is 883 g/mol. The minimum absolute atomic E-state index is 0. The van der Waals surface area contributed by atoms with Gasteiger partial charge in [-0.2, -0.15) is 0 Å². The van der Waals surface area contributed by atoms with Crippen molar-refractivity contribution < 1.29 is 30.0 Å². The number of thiophene rings is 1. The van der Waals surface area contributed by atoms with Crippen LogP contribution in [0.1, 0.15) is 113 Å². The van der Waals surface area contributed by atoms with Crippen LogP contribution in [0.4, 0.5) is 0 Å². The summed E-state index contributed by atoms with van der Waals surface area (Å²) in [5, 5.41) is 13.7. The molecule has 0 spiro atoms. The van der Waals surface area contributed by atoms with E-state index in [1.165, 1.54) is 28.0 Å². The van der Waals surface area contributed by atoms with Crippen LogP contribution >= 0.6 is 11.3 Å². The van der Waals surface area contributed by atoms with Gasteiger partial charge < -0.3 is 5.11 Å². The normalized spacial score (nSPS) is 12.5. The van der Waals surface area contributed by atoms with E-state index in [1.54, 1.807) is 17.7 Å². The molecule has 3 heterocycles. The zero-order valence-corrected chi connectivity index (χ0v) is 35.6. The van der Waals surface area contributed by atoms with Crippen LogP contribution in [0.5, 0.6) is 0 Å². The second kappa shape index (κ2) is 17.5. The Morgan fingerprint density at radius 1 is 0.863 bits per heavy atom. The number of allylic oxidation sites excluding steroid dienone is 2. The fourth-order valence-electron chi connectivity index (χ4n) is 6.00. The molecule has 0 saturated heterocycles. The molecule has 275 valence electrons. The number of nitrogens with zero attached hydrogens (tertiary/aromatic N) is 3. The third kappa shape index (κ3) is 10.0. The summed E-state index contributed by atoms with van der Waals surface area (Å²) in [7, 11) is 0. The molecule has 0 amide bonds. The maximum atomic E-state index is 12.2. The Kier molecular flexibility index (Phi) is 14.5. The molecule has 51 heavy (non-hydrogen) atoms. The van der Waals surface area contributed by atoms with E-state index in [9.17, 15) is 9.90 Å². The Labute approximate surface area is 323 Å². The molecule has 1 N–H and O–H groups in total. The molecule has 7 heteroatoms. The van der Waals surface area contributed by atoms with E-state index < -0.39 is 0 Å². The molecule has 0 saturated carbocycles. The molecule has 5 rings (SSSR count). The predicted octanol–water partition coefficient (Wildman–Crippen LogP) is 12.5. The van der Waals surface area contributed by atoms with Crippen molar-refractivity contribution in [3.05, 3.63) is 90.1 Å². The molecule has 0 atom stereocenters. The first-order chi connectivity index (χ1) is 23.6. The van der Waals surface area contributed by atoms with Crippen LogP contribution in [-0.4, -0.2) is 25.8 Å². The summed E-state index contributed by atoms with van der Waals surface area (Å²) in [6.07, 6.45) is 9.46. The van der Waals surface area contributed by atoms with E-state index in [0.717, 1.165) is 64.1 Å². The van der Waals surface area contributed by atoms with Gasteiger partial charge in [-0.25, -0.2) is 9.97 Å². The number of aromatic nitrogens is 3. The maximum Gasteiger partial charge on any atom is 0.164 e. The van der Waals surface area contributed by atoms with Gasteiger partial charge in [-0.1, -0.05) is 105 Å². The Morgan fingerprint density at radius 2 is 1.49 bits per heavy atom. The number of ketones is 1. The topological polar surface area (TPSA) is 76.0 Å². The van der Waals surface area contributed by atoms with Crippen LogP contribution in [0.25, 0.3) is 42.8 Å². The number of hydrogen-bond acceptors (Lipinski definition) is 6. The summed E-state index contributed by atoms with van der Waals surface area (Å²) in [5.41, 5.74) is 4.81. The second-order valence-electron chi connectivity index (χ2n) is 15.6. The van der Waals surface area contributed by atoms with Gasteiger partial charge in [-0.3, -0.25) is 9.78 Å². The van der Waals surface area contributed by atoms with E-state index >= 15 is 0 Å². The summed E-state index contributed by atoms with van der Waals surface area (Å²) in [6.45, 7) is 23.3. The van der Waals surface area contributed by atoms with Gasteiger partial charge in [0.25, 0.3) is 0 Å². The van der Waals surface area contributed by atoms with E-state index in [2.05, 4.69) is 99.2 Å². The molecule has 3 aromatic heterocycles. The number of hydrogen-bond donors (Lipinski definition) is 1. The minimum Gasteiger partial charge on any atom is -0.512 e. The number of rotatable bonds is 11. The van der Waals surface area contributed by atoms with E-state index in [1.807, 2.05) is 47.7 Å². The van der Waals surface area contributed by atoms with E-state index in [-0.39, 0.29) is 47.9 Å². The third-order valence-corrected chi connectivity index (χ3v) is 11.5. The first kappa shape index (κ1) is 42.2. The summed E-state index contributed by atoms with van der Waals surface area (Å²) in [6, 6.07) is 20.8. The van der Waals surface area contributed by atoms with Gasteiger partial charge in [-0.05, 0) is 67.2 Å².